The molecular formula is C23H32N4O4. The smallest absolute Gasteiger partial charge is 0.236 e. The van der Waals surface area contributed by atoms with Crippen molar-refractivity contribution >= 4 is 0 Å². The minimum Gasteiger partial charge on any atom is -0.512 e. The summed E-state index contributed by atoms with van der Waals surface area (Å²) in [6.07, 6.45) is 5.57. The SMILES string of the molecule is C=C(O)CN1CCC[C@H](COc2nn(-c3cnc(OC)c(C)c3)c3c2CCOCC3)C1. The first kappa shape index (κ1) is 21.6. The third kappa shape index (κ3) is 5.02. The number of aliphatic hydroxyl groups is 1. The number of likely N-dealkylation sites (tertiary alicyclic amines) is 1. The van der Waals surface area contributed by atoms with Crippen LogP contribution in [0.1, 0.15) is 29.7 Å². The maximum atomic E-state index is 9.52. The van der Waals surface area contributed by atoms with Gasteiger partial charge in [0, 0.05) is 36.4 Å². The molecule has 0 bridgehead atoms. The molecule has 31 heavy (non-hydrogen) atoms. The zero-order valence-corrected chi connectivity index (χ0v) is 18.5. The highest BCUT2D eigenvalue weighted by atomic mass is 16.5. The first-order chi connectivity index (χ1) is 15.0. The van der Waals surface area contributed by atoms with Crippen LogP contribution in [-0.4, -0.2) is 71.3 Å². The summed E-state index contributed by atoms with van der Waals surface area (Å²) in [5.41, 5.74) is 4.11. The van der Waals surface area contributed by atoms with Gasteiger partial charge in [-0.1, -0.05) is 6.58 Å². The van der Waals surface area contributed by atoms with Crippen LogP contribution in [0.4, 0.5) is 0 Å². The first-order valence-electron chi connectivity index (χ1n) is 11.0. The lowest BCUT2D eigenvalue weighted by molar-refractivity contribution is 0.124. The standard InChI is InChI=1S/C23H32N4O4/c1-16-11-19(12-24-22(16)29-3)27-21-7-10-30-9-6-20(21)23(25-27)31-15-18-5-4-8-26(14-18)13-17(2)28/h11-12,18,28H,2,4-10,13-15H2,1,3H3/t18-/m0/s1. The number of hydrogen-bond donors (Lipinski definition) is 1. The van der Waals surface area contributed by atoms with Gasteiger partial charge in [0.1, 0.15) is 0 Å². The van der Waals surface area contributed by atoms with Gasteiger partial charge in [-0.2, -0.15) is 0 Å². The molecule has 0 saturated carbocycles. The van der Waals surface area contributed by atoms with Crippen LogP contribution in [-0.2, 0) is 17.6 Å². The van der Waals surface area contributed by atoms with Gasteiger partial charge in [0.25, 0.3) is 0 Å². The number of hydrogen-bond acceptors (Lipinski definition) is 7. The van der Waals surface area contributed by atoms with Gasteiger partial charge in [-0.05, 0) is 32.4 Å². The van der Waals surface area contributed by atoms with E-state index in [1.54, 1.807) is 13.3 Å². The molecule has 2 aromatic heterocycles. The van der Waals surface area contributed by atoms with Crippen LogP contribution >= 0.6 is 0 Å². The third-order valence-electron chi connectivity index (χ3n) is 5.95. The second-order valence-electron chi connectivity index (χ2n) is 8.39. The fourth-order valence-corrected chi connectivity index (χ4v) is 4.51. The minimum atomic E-state index is 0.217. The van der Waals surface area contributed by atoms with E-state index in [2.05, 4.69) is 16.5 Å². The van der Waals surface area contributed by atoms with Crippen molar-refractivity contribution < 1.29 is 19.3 Å². The number of ether oxygens (including phenoxy) is 3. The highest BCUT2D eigenvalue weighted by molar-refractivity contribution is 5.43. The summed E-state index contributed by atoms with van der Waals surface area (Å²) in [6.45, 7) is 9.96. The second-order valence-corrected chi connectivity index (χ2v) is 8.39. The molecule has 2 aliphatic rings. The molecule has 1 fully saturated rings. The zero-order chi connectivity index (χ0) is 21.8. The fraction of sp³-hybridized carbons (Fsp3) is 0.565. The van der Waals surface area contributed by atoms with Crippen molar-refractivity contribution in [3.8, 4) is 17.4 Å². The van der Waals surface area contributed by atoms with Gasteiger partial charge in [0.2, 0.25) is 11.8 Å². The average Bonchev–Trinajstić information content (AvgIpc) is 2.92. The van der Waals surface area contributed by atoms with E-state index in [9.17, 15) is 5.11 Å². The maximum absolute atomic E-state index is 9.52. The summed E-state index contributed by atoms with van der Waals surface area (Å²) in [4.78, 5) is 6.65. The van der Waals surface area contributed by atoms with E-state index in [1.807, 2.05) is 17.7 Å². The van der Waals surface area contributed by atoms with E-state index in [1.165, 1.54) is 0 Å². The van der Waals surface area contributed by atoms with Crippen molar-refractivity contribution in [3.63, 3.8) is 0 Å². The van der Waals surface area contributed by atoms with Crippen molar-refractivity contribution in [2.75, 3.05) is 46.6 Å². The molecule has 1 saturated heterocycles. The summed E-state index contributed by atoms with van der Waals surface area (Å²) in [6, 6.07) is 2.04. The molecule has 4 heterocycles. The predicted molar refractivity (Wildman–Crippen MR) is 117 cm³/mol. The van der Waals surface area contributed by atoms with Crippen molar-refractivity contribution in [2.45, 2.75) is 32.6 Å². The Morgan fingerprint density at radius 2 is 2.16 bits per heavy atom. The molecule has 0 spiro atoms. The van der Waals surface area contributed by atoms with Crippen molar-refractivity contribution in [1.82, 2.24) is 19.7 Å². The summed E-state index contributed by atoms with van der Waals surface area (Å²) < 4.78 is 19.2. The van der Waals surface area contributed by atoms with Crippen LogP contribution in [0.25, 0.3) is 5.69 Å². The highest BCUT2D eigenvalue weighted by Crippen LogP contribution is 2.29. The van der Waals surface area contributed by atoms with E-state index in [0.29, 0.717) is 44.0 Å². The van der Waals surface area contributed by atoms with Crippen LogP contribution in [0.15, 0.2) is 24.6 Å². The Morgan fingerprint density at radius 1 is 1.32 bits per heavy atom. The Labute approximate surface area is 183 Å². The number of pyridine rings is 1. The maximum Gasteiger partial charge on any atom is 0.236 e. The van der Waals surface area contributed by atoms with Gasteiger partial charge >= 0.3 is 0 Å². The van der Waals surface area contributed by atoms with Gasteiger partial charge in [-0.25, -0.2) is 9.67 Å². The monoisotopic (exact) mass is 428 g/mol. The van der Waals surface area contributed by atoms with E-state index < -0.39 is 0 Å². The van der Waals surface area contributed by atoms with Crippen LogP contribution in [0.3, 0.4) is 0 Å². The number of piperidine rings is 1. The number of fused-ring (bicyclic) bond motifs is 1. The van der Waals surface area contributed by atoms with Crippen LogP contribution in [0, 0.1) is 12.8 Å². The third-order valence-corrected chi connectivity index (χ3v) is 5.95. The molecule has 8 heteroatoms. The quantitative estimate of drug-likeness (QED) is 0.679. The molecule has 168 valence electrons. The van der Waals surface area contributed by atoms with Crippen LogP contribution in [0.2, 0.25) is 0 Å². The Morgan fingerprint density at radius 3 is 2.94 bits per heavy atom. The fourth-order valence-electron chi connectivity index (χ4n) is 4.51. The average molecular weight is 429 g/mol. The van der Waals surface area contributed by atoms with Crippen molar-refractivity contribution in [2.24, 2.45) is 5.92 Å². The van der Waals surface area contributed by atoms with E-state index in [-0.39, 0.29) is 5.76 Å². The second kappa shape index (κ2) is 9.70. The topological polar surface area (TPSA) is 81.9 Å². The number of aryl methyl sites for hydroxylation is 1. The number of aromatic nitrogens is 3. The van der Waals surface area contributed by atoms with E-state index in [0.717, 1.165) is 61.3 Å². The molecule has 0 amide bonds. The first-order valence-corrected chi connectivity index (χ1v) is 11.0. The number of aliphatic hydroxyl groups excluding tert-OH is 1. The van der Waals surface area contributed by atoms with E-state index in [4.69, 9.17) is 19.3 Å². The molecule has 1 atom stereocenters. The summed E-state index contributed by atoms with van der Waals surface area (Å²) in [5, 5.41) is 14.4. The molecule has 8 nitrogen and oxygen atoms in total. The molecule has 0 aliphatic carbocycles. The van der Waals surface area contributed by atoms with Crippen LogP contribution < -0.4 is 9.47 Å². The predicted octanol–water partition coefficient (Wildman–Crippen LogP) is 2.86. The van der Waals surface area contributed by atoms with Gasteiger partial charge < -0.3 is 19.3 Å². The van der Waals surface area contributed by atoms with Crippen molar-refractivity contribution in [1.29, 1.82) is 0 Å². The number of nitrogens with zero attached hydrogens (tertiary/aromatic N) is 4. The van der Waals surface area contributed by atoms with E-state index >= 15 is 0 Å². The summed E-state index contributed by atoms with van der Waals surface area (Å²) in [5.74, 6) is 1.93. The molecule has 1 N–H and O–H groups in total. The lowest BCUT2D eigenvalue weighted by Gasteiger charge is -2.32. The number of methoxy groups -OCH3 is 1. The zero-order valence-electron chi connectivity index (χ0n) is 18.5. The van der Waals surface area contributed by atoms with Crippen LogP contribution in [0.5, 0.6) is 11.8 Å². The van der Waals surface area contributed by atoms with Gasteiger partial charge in [0.15, 0.2) is 0 Å². The number of rotatable bonds is 7. The van der Waals surface area contributed by atoms with Gasteiger partial charge in [-0.15, -0.1) is 5.10 Å². The highest BCUT2D eigenvalue weighted by Gasteiger charge is 2.25. The molecular weight excluding hydrogens is 396 g/mol. The molecule has 0 unspecified atom stereocenters. The Bertz CT molecular complexity index is 927. The molecule has 4 rings (SSSR count). The normalized spacial score (nSPS) is 19.5. The molecule has 2 aliphatic heterocycles. The lowest BCUT2D eigenvalue weighted by atomic mass is 9.99. The lowest BCUT2D eigenvalue weighted by Crippen LogP contribution is -2.38. The van der Waals surface area contributed by atoms with Gasteiger partial charge in [-0.3, -0.25) is 4.90 Å². The molecule has 2 aromatic rings. The summed E-state index contributed by atoms with van der Waals surface area (Å²) in [7, 11) is 1.63. The Balaban J connectivity index is 1.54. The van der Waals surface area contributed by atoms with Crippen molar-refractivity contribution in [3.05, 3.63) is 41.4 Å². The summed E-state index contributed by atoms with van der Waals surface area (Å²) >= 11 is 0. The molecule has 0 aromatic carbocycles. The molecule has 0 radical (unpaired) electrons. The van der Waals surface area contributed by atoms with Gasteiger partial charge in [0.05, 0.1) is 56.8 Å². The Hall–Kier alpha value is -2.58. The Kier molecular flexibility index (Phi) is 6.77. The largest absolute Gasteiger partial charge is 0.512 e. The minimum absolute atomic E-state index is 0.217.